The SMILES string of the molecule is CCNc1cccc(N2CCSC(C)C2C)c1[N+](=O)[O-]. The molecule has 0 amide bonds. The highest BCUT2D eigenvalue weighted by molar-refractivity contribution is 8.00. The summed E-state index contributed by atoms with van der Waals surface area (Å²) in [7, 11) is 0. The lowest BCUT2D eigenvalue weighted by molar-refractivity contribution is -0.383. The van der Waals surface area contributed by atoms with Gasteiger partial charge < -0.3 is 10.2 Å². The molecule has 1 N–H and O–H groups in total. The number of anilines is 2. The number of hydrogen-bond donors (Lipinski definition) is 1. The zero-order valence-electron chi connectivity index (χ0n) is 12.1. The smallest absolute Gasteiger partial charge is 0.315 e. The average molecular weight is 295 g/mol. The number of para-hydroxylation sites is 1. The third kappa shape index (κ3) is 2.85. The number of benzene rings is 1. The van der Waals surface area contributed by atoms with Crippen molar-refractivity contribution in [2.24, 2.45) is 0 Å². The number of rotatable bonds is 4. The first-order valence-electron chi connectivity index (χ1n) is 6.95. The number of nitro benzene ring substituents is 1. The minimum absolute atomic E-state index is 0.195. The van der Waals surface area contributed by atoms with Crippen LogP contribution in [0.3, 0.4) is 0 Å². The molecule has 0 spiro atoms. The van der Waals surface area contributed by atoms with Crippen LogP contribution in [0.5, 0.6) is 0 Å². The van der Waals surface area contributed by atoms with Gasteiger partial charge in [0.15, 0.2) is 0 Å². The van der Waals surface area contributed by atoms with Crippen LogP contribution in [0.1, 0.15) is 20.8 Å². The lowest BCUT2D eigenvalue weighted by atomic mass is 10.1. The van der Waals surface area contributed by atoms with Crippen LogP contribution in [0.25, 0.3) is 0 Å². The Kier molecular flexibility index (Phi) is 4.75. The summed E-state index contributed by atoms with van der Waals surface area (Å²) in [5.74, 6) is 1.01. The lowest BCUT2D eigenvalue weighted by Gasteiger charge is -2.39. The highest BCUT2D eigenvalue weighted by Crippen LogP contribution is 2.39. The largest absolute Gasteiger partial charge is 0.380 e. The van der Waals surface area contributed by atoms with Crippen LogP contribution < -0.4 is 10.2 Å². The molecule has 20 heavy (non-hydrogen) atoms. The van der Waals surface area contributed by atoms with E-state index in [0.717, 1.165) is 18.0 Å². The Bertz CT molecular complexity index is 495. The Labute approximate surface area is 123 Å². The molecule has 1 aromatic rings. The molecule has 0 bridgehead atoms. The fraction of sp³-hybridized carbons (Fsp3) is 0.571. The molecule has 1 aliphatic rings. The summed E-state index contributed by atoms with van der Waals surface area (Å²) in [6.07, 6.45) is 0. The number of nitrogens with zero attached hydrogens (tertiary/aromatic N) is 2. The average Bonchev–Trinajstić information content (AvgIpc) is 2.42. The monoisotopic (exact) mass is 295 g/mol. The van der Waals surface area contributed by atoms with Crippen molar-refractivity contribution in [1.29, 1.82) is 0 Å². The van der Waals surface area contributed by atoms with Crippen LogP contribution in [0.15, 0.2) is 18.2 Å². The molecule has 1 heterocycles. The van der Waals surface area contributed by atoms with E-state index in [4.69, 9.17) is 0 Å². The van der Waals surface area contributed by atoms with Crippen LogP contribution in [0.2, 0.25) is 0 Å². The minimum Gasteiger partial charge on any atom is -0.380 e. The third-order valence-electron chi connectivity index (χ3n) is 3.76. The molecule has 0 saturated carbocycles. The van der Waals surface area contributed by atoms with Crippen molar-refractivity contribution < 1.29 is 4.92 Å². The van der Waals surface area contributed by atoms with Gasteiger partial charge in [0, 0.05) is 30.1 Å². The highest BCUT2D eigenvalue weighted by atomic mass is 32.2. The van der Waals surface area contributed by atoms with Crippen LogP contribution >= 0.6 is 11.8 Å². The van der Waals surface area contributed by atoms with Crippen molar-refractivity contribution in [2.45, 2.75) is 32.1 Å². The van der Waals surface area contributed by atoms with Gasteiger partial charge in [-0.05, 0) is 26.0 Å². The zero-order chi connectivity index (χ0) is 14.7. The second-order valence-corrected chi connectivity index (χ2v) is 6.46. The third-order valence-corrected chi connectivity index (χ3v) is 5.10. The molecule has 0 aliphatic carbocycles. The molecule has 1 saturated heterocycles. The summed E-state index contributed by atoms with van der Waals surface area (Å²) < 4.78 is 0. The maximum absolute atomic E-state index is 11.5. The maximum atomic E-state index is 11.5. The van der Waals surface area contributed by atoms with Gasteiger partial charge >= 0.3 is 5.69 Å². The summed E-state index contributed by atoms with van der Waals surface area (Å²) in [6.45, 7) is 7.79. The normalized spacial score (nSPS) is 22.6. The molecule has 1 fully saturated rings. The van der Waals surface area contributed by atoms with Crippen LogP contribution in [-0.2, 0) is 0 Å². The van der Waals surface area contributed by atoms with E-state index < -0.39 is 0 Å². The molecular weight excluding hydrogens is 274 g/mol. The van der Waals surface area contributed by atoms with Crippen LogP contribution in [-0.4, -0.2) is 35.1 Å². The van der Waals surface area contributed by atoms with Gasteiger partial charge in [-0.25, -0.2) is 0 Å². The standard InChI is InChI=1S/C14H21N3O2S/c1-4-15-12-6-5-7-13(14(12)17(18)19)16-8-9-20-11(3)10(16)2/h5-7,10-11,15H,4,8-9H2,1-3H3. The highest BCUT2D eigenvalue weighted by Gasteiger charge is 2.31. The van der Waals surface area contributed by atoms with Gasteiger partial charge in [-0.15, -0.1) is 0 Å². The van der Waals surface area contributed by atoms with Crippen molar-refractivity contribution >= 4 is 28.8 Å². The topological polar surface area (TPSA) is 58.4 Å². The zero-order valence-corrected chi connectivity index (χ0v) is 12.9. The number of nitrogens with one attached hydrogen (secondary N) is 1. The molecule has 110 valence electrons. The van der Waals surface area contributed by atoms with Gasteiger partial charge in [0.2, 0.25) is 0 Å². The molecule has 2 rings (SSSR count). The first-order valence-corrected chi connectivity index (χ1v) is 8.00. The van der Waals surface area contributed by atoms with Gasteiger partial charge in [0.25, 0.3) is 0 Å². The van der Waals surface area contributed by atoms with E-state index in [1.807, 2.05) is 30.8 Å². The molecule has 1 aliphatic heterocycles. The van der Waals surface area contributed by atoms with Gasteiger partial charge in [-0.2, -0.15) is 11.8 Å². The van der Waals surface area contributed by atoms with Crippen molar-refractivity contribution in [3.8, 4) is 0 Å². The van der Waals surface area contributed by atoms with E-state index in [1.54, 1.807) is 6.07 Å². The predicted molar refractivity (Wildman–Crippen MR) is 86.0 cm³/mol. The van der Waals surface area contributed by atoms with Crippen molar-refractivity contribution in [1.82, 2.24) is 0 Å². The maximum Gasteiger partial charge on any atom is 0.315 e. The van der Waals surface area contributed by atoms with E-state index in [9.17, 15) is 10.1 Å². The summed E-state index contributed by atoms with van der Waals surface area (Å²) in [6, 6.07) is 5.82. The first kappa shape index (κ1) is 15.0. The van der Waals surface area contributed by atoms with E-state index in [1.165, 1.54) is 0 Å². The van der Waals surface area contributed by atoms with Crippen LogP contribution in [0, 0.1) is 10.1 Å². The van der Waals surface area contributed by atoms with E-state index >= 15 is 0 Å². The van der Waals surface area contributed by atoms with Gasteiger partial charge in [-0.1, -0.05) is 13.0 Å². The van der Waals surface area contributed by atoms with Gasteiger partial charge in [0.05, 0.1) is 4.92 Å². The van der Waals surface area contributed by atoms with Crippen LogP contribution in [0.4, 0.5) is 17.1 Å². The molecule has 0 aromatic heterocycles. The molecule has 0 radical (unpaired) electrons. The Balaban J connectivity index is 2.44. The molecule has 2 atom stereocenters. The molecule has 6 heteroatoms. The molecule has 5 nitrogen and oxygen atoms in total. The van der Waals surface area contributed by atoms with Crippen molar-refractivity contribution in [2.75, 3.05) is 29.1 Å². The van der Waals surface area contributed by atoms with E-state index in [2.05, 4.69) is 24.1 Å². The number of thioether (sulfide) groups is 1. The quantitative estimate of drug-likeness (QED) is 0.682. The fourth-order valence-corrected chi connectivity index (χ4v) is 3.66. The second kappa shape index (κ2) is 6.35. The molecule has 2 unspecified atom stereocenters. The first-order chi connectivity index (χ1) is 9.56. The number of hydrogen-bond acceptors (Lipinski definition) is 5. The summed E-state index contributed by atoms with van der Waals surface area (Å²) >= 11 is 1.93. The van der Waals surface area contributed by atoms with E-state index in [-0.39, 0.29) is 10.6 Å². The fourth-order valence-electron chi connectivity index (χ4n) is 2.56. The molecule has 1 aromatic carbocycles. The van der Waals surface area contributed by atoms with E-state index in [0.29, 0.717) is 23.5 Å². The molecular formula is C14H21N3O2S. The summed E-state index contributed by atoms with van der Waals surface area (Å²) in [5.41, 5.74) is 1.53. The Hall–Kier alpha value is -1.43. The Morgan fingerprint density at radius 2 is 2.25 bits per heavy atom. The predicted octanol–water partition coefficient (Wildman–Crippen LogP) is 3.36. The Morgan fingerprint density at radius 1 is 1.50 bits per heavy atom. The van der Waals surface area contributed by atoms with Crippen molar-refractivity contribution in [3.05, 3.63) is 28.3 Å². The Morgan fingerprint density at radius 3 is 2.90 bits per heavy atom. The number of nitro groups is 1. The van der Waals surface area contributed by atoms with Gasteiger partial charge in [0.1, 0.15) is 11.4 Å². The second-order valence-electron chi connectivity index (χ2n) is 4.97. The van der Waals surface area contributed by atoms with Gasteiger partial charge in [-0.3, -0.25) is 10.1 Å². The minimum atomic E-state index is -0.271. The van der Waals surface area contributed by atoms with Crippen molar-refractivity contribution in [3.63, 3.8) is 0 Å². The summed E-state index contributed by atoms with van der Waals surface area (Å²) in [5, 5.41) is 15.0. The summed E-state index contributed by atoms with van der Waals surface area (Å²) in [4.78, 5) is 13.4. The lowest BCUT2D eigenvalue weighted by Crippen LogP contribution is -2.45.